The van der Waals surface area contributed by atoms with E-state index in [1.807, 2.05) is 0 Å². The van der Waals surface area contributed by atoms with Crippen LogP contribution < -0.4 is 11.1 Å². The minimum atomic E-state index is -0.376. The summed E-state index contributed by atoms with van der Waals surface area (Å²) in [4.78, 5) is 4.15. The molecule has 1 aromatic rings. The number of guanidine groups is 1. The molecule has 0 saturated heterocycles. The SMILES string of the molecule is COCCN=C(N)NC1CC(c2ccc(F)c(Cl)c2)C1. The van der Waals surface area contributed by atoms with E-state index < -0.39 is 0 Å². The predicted octanol–water partition coefficient (Wildman–Crippen LogP) is 2.28. The van der Waals surface area contributed by atoms with Gasteiger partial charge in [-0.1, -0.05) is 17.7 Å². The van der Waals surface area contributed by atoms with Gasteiger partial charge in [0.25, 0.3) is 0 Å². The van der Waals surface area contributed by atoms with Gasteiger partial charge in [-0.2, -0.15) is 0 Å². The van der Waals surface area contributed by atoms with Crippen molar-refractivity contribution in [2.45, 2.75) is 24.8 Å². The van der Waals surface area contributed by atoms with E-state index >= 15 is 0 Å². The Kier molecular flexibility index (Phi) is 5.20. The van der Waals surface area contributed by atoms with Gasteiger partial charge in [-0.15, -0.1) is 0 Å². The average molecular weight is 300 g/mol. The number of halogens is 2. The third-order valence-electron chi connectivity index (χ3n) is 3.48. The maximum absolute atomic E-state index is 13.1. The van der Waals surface area contributed by atoms with Crippen molar-refractivity contribution in [1.29, 1.82) is 0 Å². The minimum absolute atomic E-state index is 0.180. The Bertz CT molecular complexity index is 489. The second-order valence-electron chi connectivity index (χ2n) is 4.94. The molecule has 20 heavy (non-hydrogen) atoms. The second kappa shape index (κ2) is 6.90. The van der Waals surface area contributed by atoms with E-state index in [1.54, 1.807) is 19.2 Å². The van der Waals surface area contributed by atoms with Crippen LogP contribution in [0.15, 0.2) is 23.2 Å². The first-order chi connectivity index (χ1) is 9.60. The van der Waals surface area contributed by atoms with Crippen molar-refractivity contribution in [3.63, 3.8) is 0 Å². The van der Waals surface area contributed by atoms with Crippen LogP contribution in [0.1, 0.15) is 24.3 Å². The van der Waals surface area contributed by atoms with Gasteiger partial charge in [0.05, 0.1) is 18.2 Å². The number of nitrogens with two attached hydrogens (primary N) is 1. The molecule has 6 heteroatoms. The lowest BCUT2D eigenvalue weighted by Crippen LogP contribution is -2.46. The second-order valence-corrected chi connectivity index (χ2v) is 5.35. The number of hydrogen-bond acceptors (Lipinski definition) is 2. The van der Waals surface area contributed by atoms with Gasteiger partial charge in [0.15, 0.2) is 5.96 Å². The van der Waals surface area contributed by atoms with Crippen LogP contribution in [0, 0.1) is 5.82 Å². The van der Waals surface area contributed by atoms with Crippen molar-refractivity contribution < 1.29 is 9.13 Å². The van der Waals surface area contributed by atoms with E-state index in [9.17, 15) is 4.39 Å². The zero-order valence-corrected chi connectivity index (χ0v) is 12.2. The largest absolute Gasteiger partial charge is 0.383 e. The molecule has 0 aromatic heterocycles. The van der Waals surface area contributed by atoms with Crippen LogP contribution in [-0.4, -0.2) is 32.3 Å². The number of ether oxygens (including phenoxy) is 1. The molecule has 0 unspecified atom stereocenters. The molecule has 1 aromatic carbocycles. The monoisotopic (exact) mass is 299 g/mol. The zero-order chi connectivity index (χ0) is 14.5. The van der Waals surface area contributed by atoms with Gasteiger partial charge in [-0.05, 0) is 36.5 Å². The Morgan fingerprint density at radius 1 is 1.55 bits per heavy atom. The summed E-state index contributed by atoms with van der Waals surface area (Å²) in [5, 5.41) is 3.35. The molecule has 1 saturated carbocycles. The molecule has 1 aliphatic rings. The third kappa shape index (κ3) is 3.84. The maximum atomic E-state index is 13.1. The van der Waals surface area contributed by atoms with Crippen LogP contribution in [0.3, 0.4) is 0 Å². The van der Waals surface area contributed by atoms with E-state index in [4.69, 9.17) is 22.1 Å². The molecule has 110 valence electrons. The number of aliphatic imine (C=N–C) groups is 1. The highest BCUT2D eigenvalue weighted by Gasteiger charge is 2.30. The Morgan fingerprint density at radius 2 is 2.30 bits per heavy atom. The number of nitrogens with one attached hydrogen (secondary N) is 1. The topological polar surface area (TPSA) is 59.6 Å². The minimum Gasteiger partial charge on any atom is -0.383 e. The molecule has 1 aliphatic carbocycles. The summed E-state index contributed by atoms with van der Waals surface area (Å²) in [6.07, 6.45) is 1.89. The lowest BCUT2D eigenvalue weighted by atomic mass is 9.76. The van der Waals surface area contributed by atoms with Crippen molar-refractivity contribution >= 4 is 17.6 Å². The van der Waals surface area contributed by atoms with E-state index in [0.29, 0.717) is 31.1 Å². The summed E-state index contributed by atoms with van der Waals surface area (Å²) >= 11 is 5.79. The molecule has 0 bridgehead atoms. The normalized spacial score (nSPS) is 22.4. The molecular formula is C14H19ClFN3O. The van der Waals surface area contributed by atoms with Crippen LogP contribution >= 0.6 is 11.6 Å². The van der Waals surface area contributed by atoms with E-state index in [0.717, 1.165) is 18.4 Å². The van der Waals surface area contributed by atoms with Crippen molar-refractivity contribution in [2.75, 3.05) is 20.3 Å². The van der Waals surface area contributed by atoms with Crippen LogP contribution in [-0.2, 0) is 4.74 Å². The highest BCUT2D eigenvalue weighted by molar-refractivity contribution is 6.30. The summed E-state index contributed by atoms with van der Waals surface area (Å²) in [5.41, 5.74) is 6.84. The molecule has 3 N–H and O–H groups in total. The highest BCUT2D eigenvalue weighted by Crippen LogP contribution is 2.37. The van der Waals surface area contributed by atoms with Crippen molar-refractivity contribution in [3.8, 4) is 0 Å². The van der Waals surface area contributed by atoms with Gasteiger partial charge in [-0.3, -0.25) is 4.99 Å². The Hall–Kier alpha value is -1.33. The number of benzene rings is 1. The lowest BCUT2D eigenvalue weighted by molar-refractivity contribution is 0.207. The number of nitrogens with zero attached hydrogens (tertiary/aromatic N) is 1. The number of hydrogen-bond donors (Lipinski definition) is 2. The van der Waals surface area contributed by atoms with E-state index in [1.165, 1.54) is 6.07 Å². The quantitative estimate of drug-likeness (QED) is 0.498. The van der Waals surface area contributed by atoms with Crippen LogP contribution in [0.2, 0.25) is 5.02 Å². The molecule has 4 nitrogen and oxygen atoms in total. The zero-order valence-electron chi connectivity index (χ0n) is 11.4. The first-order valence-electron chi connectivity index (χ1n) is 6.60. The Morgan fingerprint density at radius 3 is 2.95 bits per heavy atom. The molecule has 0 radical (unpaired) electrons. The van der Waals surface area contributed by atoms with Crippen LogP contribution in [0.5, 0.6) is 0 Å². The number of rotatable bonds is 5. The molecule has 0 heterocycles. The van der Waals surface area contributed by atoms with Crippen molar-refractivity contribution in [1.82, 2.24) is 5.32 Å². The van der Waals surface area contributed by atoms with Gasteiger partial charge in [-0.25, -0.2) is 4.39 Å². The first-order valence-corrected chi connectivity index (χ1v) is 6.98. The molecule has 0 aliphatic heterocycles. The van der Waals surface area contributed by atoms with Crippen molar-refractivity contribution in [3.05, 3.63) is 34.6 Å². The van der Waals surface area contributed by atoms with Gasteiger partial charge < -0.3 is 15.8 Å². The van der Waals surface area contributed by atoms with E-state index in [-0.39, 0.29) is 10.8 Å². The molecule has 0 spiro atoms. The maximum Gasteiger partial charge on any atom is 0.188 e. The fourth-order valence-corrected chi connectivity index (χ4v) is 2.48. The summed E-state index contributed by atoms with van der Waals surface area (Å²) < 4.78 is 18.0. The summed E-state index contributed by atoms with van der Waals surface area (Å²) in [6.45, 7) is 1.11. The van der Waals surface area contributed by atoms with E-state index in [2.05, 4.69) is 10.3 Å². The average Bonchev–Trinajstić information content (AvgIpc) is 2.37. The summed E-state index contributed by atoms with van der Waals surface area (Å²) in [5.74, 6) is 0.471. The lowest BCUT2D eigenvalue weighted by Gasteiger charge is -2.36. The first kappa shape index (κ1) is 15.1. The highest BCUT2D eigenvalue weighted by atomic mass is 35.5. The molecular weight excluding hydrogens is 281 g/mol. The summed E-state index contributed by atoms with van der Waals surface area (Å²) in [6, 6.07) is 5.22. The van der Waals surface area contributed by atoms with Crippen molar-refractivity contribution in [2.24, 2.45) is 10.7 Å². The standard InChI is InChI=1S/C14H19ClFN3O/c1-20-5-4-18-14(17)19-11-6-10(7-11)9-2-3-13(16)12(15)8-9/h2-3,8,10-11H,4-7H2,1H3,(H3,17,18,19). The van der Waals surface area contributed by atoms with Crippen LogP contribution in [0.4, 0.5) is 4.39 Å². The molecule has 2 rings (SSSR count). The predicted molar refractivity (Wildman–Crippen MR) is 78.7 cm³/mol. The third-order valence-corrected chi connectivity index (χ3v) is 3.77. The number of methoxy groups -OCH3 is 1. The molecule has 0 atom stereocenters. The Labute approximate surface area is 123 Å². The fraction of sp³-hybridized carbons (Fsp3) is 0.500. The molecule has 1 fully saturated rings. The van der Waals surface area contributed by atoms with Gasteiger partial charge >= 0.3 is 0 Å². The van der Waals surface area contributed by atoms with Gasteiger partial charge in [0.2, 0.25) is 0 Å². The van der Waals surface area contributed by atoms with Gasteiger partial charge in [0, 0.05) is 13.2 Å². The smallest absolute Gasteiger partial charge is 0.188 e. The molecule has 0 amide bonds. The fourth-order valence-electron chi connectivity index (χ4n) is 2.29. The Balaban J connectivity index is 1.79. The van der Waals surface area contributed by atoms with Crippen LogP contribution in [0.25, 0.3) is 0 Å². The summed E-state index contributed by atoms with van der Waals surface area (Å²) in [7, 11) is 1.63. The van der Waals surface area contributed by atoms with Gasteiger partial charge in [0.1, 0.15) is 5.82 Å².